The van der Waals surface area contributed by atoms with E-state index in [1.807, 2.05) is 28.9 Å². The lowest BCUT2D eigenvalue weighted by atomic mass is 10.1. The van der Waals surface area contributed by atoms with Crippen LogP contribution in [-0.2, 0) is 17.8 Å². The Morgan fingerprint density at radius 1 is 1.33 bits per heavy atom. The molecular weight excluding hydrogens is 304 g/mol. The Morgan fingerprint density at radius 3 is 2.92 bits per heavy atom. The van der Waals surface area contributed by atoms with Gasteiger partial charge in [0.1, 0.15) is 12.8 Å². The molecule has 1 N–H and O–H groups in total. The maximum Gasteiger partial charge on any atom is 0.221 e. The fourth-order valence-electron chi connectivity index (χ4n) is 2.61. The molecule has 0 saturated carbocycles. The Kier molecular flexibility index (Phi) is 4.74. The lowest BCUT2D eigenvalue weighted by molar-refractivity contribution is -0.114. The Morgan fingerprint density at radius 2 is 2.21 bits per heavy atom. The summed E-state index contributed by atoms with van der Waals surface area (Å²) in [5, 5.41) is 7.50. The van der Waals surface area contributed by atoms with E-state index in [1.165, 1.54) is 6.92 Å². The van der Waals surface area contributed by atoms with E-state index in [2.05, 4.69) is 23.3 Å². The fraction of sp³-hybridized carbons (Fsp3) is 0.278. The number of aromatic nitrogens is 3. The molecule has 0 fully saturated rings. The van der Waals surface area contributed by atoms with E-state index >= 15 is 0 Å². The van der Waals surface area contributed by atoms with Crippen LogP contribution >= 0.6 is 0 Å². The number of rotatable bonds is 6. The highest BCUT2D eigenvalue weighted by Gasteiger charge is 2.12. The molecule has 0 aliphatic carbocycles. The number of hydrogen-bond acceptors (Lipinski definition) is 4. The molecule has 2 aromatic heterocycles. The molecule has 3 rings (SSSR count). The van der Waals surface area contributed by atoms with Crippen LogP contribution < -0.4 is 5.32 Å². The van der Waals surface area contributed by atoms with E-state index < -0.39 is 0 Å². The number of amides is 1. The maximum atomic E-state index is 11.2. The van der Waals surface area contributed by atoms with Crippen LogP contribution in [0.25, 0.3) is 11.3 Å². The largest absolute Gasteiger partial charge is 0.447 e. The molecule has 24 heavy (non-hydrogen) atoms. The van der Waals surface area contributed by atoms with Gasteiger partial charge in [-0.1, -0.05) is 25.5 Å². The predicted octanol–water partition coefficient (Wildman–Crippen LogP) is 3.50. The van der Waals surface area contributed by atoms with E-state index in [9.17, 15) is 4.79 Å². The molecule has 0 aliphatic heterocycles. The zero-order valence-corrected chi connectivity index (χ0v) is 13.8. The van der Waals surface area contributed by atoms with Crippen molar-refractivity contribution in [2.24, 2.45) is 0 Å². The second-order valence-corrected chi connectivity index (χ2v) is 5.62. The number of aryl methyl sites for hydroxylation is 1. The lowest BCUT2D eigenvalue weighted by Gasteiger charge is -2.04. The van der Waals surface area contributed by atoms with Crippen molar-refractivity contribution >= 4 is 11.6 Å². The van der Waals surface area contributed by atoms with Crippen LogP contribution in [0.3, 0.4) is 0 Å². The standard InChI is InChI=1S/C18H20N4O2/c1-3-5-16-11-17(21-22(16)12-18-19-8-9-24-18)14-6-4-7-15(10-14)20-13(2)23/h4,6-11H,3,5,12H2,1-2H3,(H,20,23). The third-order valence-electron chi connectivity index (χ3n) is 3.62. The van der Waals surface area contributed by atoms with Crippen molar-refractivity contribution in [2.45, 2.75) is 33.2 Å². The highest BCUT2D eigenvalue weighted by Crippen LogP contribution is 2.23. The summed E-state index contributed by atoms with van der Waals surface area (Å²) in [6.45, 7) is 4.14. The number of oxazole rings is 1. The molecule has 1 amide bonds. The smallest absolute Gasteiger partial charge is 0.221 e. The first-order valence-corrected chi connectivity index (χ1v) is 7.99. The summed E-state index contributed by atoms with van der Waals surface area (Å²) in [6.07, 6.45) is 5.16. The van der Waals surface area contributed by atoms with Crippen molar-refractivity contribution in [3.8, 4) is 11.3 Å². The summed E-state index contributed by atoms with van der Waals surface area (Å²) < 4.78 is 7.26. The van der Waals surface area contributed by atoms with E-state index in [0.717, 1.165) is 35.5 Å². The SMILES string of the molecule is CCCc1cc(-c2cccc(NC(C)=O)c2)nn1Cc1ncco1. The minimum absolute atomic E-state index is 0.0896. The van der Waals surface area contributed by atoms with Crippen LogP contribution in [0.2, 0.25) is 0 Å². The molecule has 0 unspecified atom stereocenters. The van der Waals surface area contributed by atoms with Gasteiger partial charge in [-0.2, -0.15) is 5.10 Å². The van der Waals surface area contributed by atoms with Crippen molar-refractivity contribution in [3.63, 3.8) is 0 Å². The van der Waals surface area contributed by atoms with Gasteiger partial charge < -0.3 is 9.73 Å². The Labute approximate surface area is 140 Å². The number of anilines is 1. The number of hydrogen-bond donors (Lipinski definition) is 1. The summed E-state index contributed by atoms with van der Waals surface area (Å²) in [5.41, 5.74) is 3.73. The molecular formula is C18H20N4O2. The van der Waals surface area contributed by atoms with E-state index in [-0.39, 0.29) is 5.91 Å². The predicted molar refractivity (Wildman–Crippen MR) is 91.6 cm³/mol. The van der Waals surface area contributed by atoms with Crippen LogP contribution in [0.1, 0.15) is 31.9 Å². The molecule has 0 spiro atoms. The van der Waals surface area contributed by atoms with Crippen molar-refractivity contribution in [2.75, 3.05) is 5.32 Å². The zero-order valence-electron chi connectivity index (χ0n) is 13.8. The van der Waals surface area contributed by atoms with Gasteiger partial charge in [-0.25, -0.2) is 4.98 Å². The second kappa shape index (κ2) is 7.12. The van der Waals surface area contributed by atoms with Crippen LogP contribution in [0.4, 0.5) is 5.69 Å². The first-order chi connectivity index (χ1) is 11.7. The van der Waals surface area contributed by atoms with Gasteiger partial charge in [0, 0.05) is 23.9 Å². The fourth-order valence-corrected chi connectivity index (χ4v) is 2.61. The number of nitrogens with zero attached hydrogens (tertiary/aromatic N) is 3. The van der Waals surface area contributed by atoms with Crippen molar-refractivity contribution in [3.05, 3.63) is 54.4 Å². The summed E-state index contributed by atoms with van der Waals surface area (Å²) in [5.74, 6) is 0.544. The minimum Gasteiger partial charge on any atom is -0.447 e. The molecule has 0 atom stereocenters. The molecule has 124 valence electrons. The average Bonchev–Trinajstić information content (AvgIpc) is 3.18. The molecule has 3 aromatic rings. The first kappa shape index (κ1) is 16.0. The molecule has 0 saturated heterocycles. The molecule has 6 nitrogen and oxygen atoms in total. The lowest BCUT2D eigenvalue weighted by Crippen LogP contribution is -2.06. The molecule has 0 bridgehead atoms. The summed E-state index contributed by atoms with van der Waals surface area (Å²) >= 11 is 0. The van der Waals surface area contributed by atoms with Crippen molar-refractivity contribution in [1.82, 2.24) is 14.8 Å². The maximum absolute atomic E-state index is 11.2. The summed E-state index contributed by atoms with van der Waals surface area (Å²) in [4.78, 5) is 15.4. The number of benzene rings is 1. The van der Waals surface area contributed by atoms with Gasteiger partial charge in [0.25, 0.3) is 0 Å². The first-order valence-electron chi connectivity index (χ1n) is 7.99. The number of carbonyl (C=O) groups is 1. The number of nitrogens with one attached hydrogen (secondary N) is 1. The second-order valence-electron chi connectivity index (χ2n) is 5.62. The van der Waals surface area contributed by atoms with Crippen LogP contribution in [0.5, 0.6) is 0 Å². The normalized spacial score (nSPS) is 10.8. The van der Waals surface area contributed by atoms with E-state index in [0.29, 0.717) is 12.4 Å². The van der Waals surface area contributed by atoms with Gasteiger partial charge in [0.15, 0.2) is 0 Å². The molecule has 2 heterocycles. The van der Waals surface area contributed by atoms with Crippen molar-refractivity contribution < 1.29 is 9.21 Å². The topological polar surface area (TPSA) is 73.0 Å². The van der Waals surface area contributed by atoms with Gasteiger partial charge in [-0.05, 0) is 24.6 Å². The van der Waals surface area contributed by atoms with Gasteiger partial charge >= 0.3 is 0 Å². The van der Waals surface area contributed by atoms with E-state index in [1.54, 1.807) is 12.5 Å². The Hall–Kier alpha value is -2.89. The number of carbonyl (C=O) groups excluding carboxylic acids is 1. The van der Waals surface area contributed by atoms with Crippen LogP contribution in [-0.4, -0.2) is 20.7 Å². The Bertz CT molecular complexity index is 821. The van der Waals surface area contributed by atoms with Crippen molar-refractivity contribution in [1.29, 1.82) is 0 Å². The minimum atomic E-state index is -0.0896. The third kappa shape index (κ3) is 3.71. The van der Waals surface area contributed by atoms with Crippen LogP contribution in [0.15, 0.2) is 47.2 Å². The highest BCUT2D eigenvalue weighted by molar-refractivity contribution is 5.89. The van der Waals surface area contributed by atoms with Gasteiger partial charge in [-0.3, -0.25) is 9.48 Å². The average molecular weight is 324 g/mol. The summed E-state index contributed by atoms with van der Waals surface area (Å²) in [6, 6.07) is 9.77. The molecule has 0 aliphatic rings. The Balaban J connectivity index is 1.92. The van der Waals surface area contributed by atoms with Gasteiger partial charge in [0.05, 0.1) is 11.9 Å². The van der Waals surface area contributed by atoms with E-state index in [4.69, 9.17) is 9.52 Å². The van der Waals surface area contributed by atoms with Crippen LogP contribution in [0, 0.1) is 0 Å². The highest BCUT2D eigenvalue weighted by atomic mass is 16.3. The van der Waals surface area contributed by atoms with Gasteiger partial charge in [0.2, 0.25) is 11.8 Å². The van der Waals surface area contributed by atoms with Gasteiger partial charge in [-0.15, -0.1) is 0 Å². The third-order valence-corrected chi connectivity index (χ3v) is 3.62. The zero-order chi connectivity index (χ0) is 16.9. The quantitative estimate of drug-likeness (QED) is 0.753. The molecule has 6 heteroatoms. The molecule has 1 aromatic carbocycles. The molecule has 0 radical (unpaired) electrons. The summed E-state index contributed by atoms with van der Waals surface area (Å²) in [7, 11) is 0. The monoisotopic (exact) mass is 324 g/mol.